The zero-order valence-corrected chi connectivity index (χ0v) is 26.6. The first kappa shape index (κ1) is 32.1. The average molecular weight is 628 g/mol. The first-order valence-electron chi connectivity index (χ1n) is 14.0. The molecular weight excluding hydrogens is 590 g/mol. The summed E-state index contributed by atoms with van der Waals surface area (Å²) in [7, 11) is -0.546. The Hall–Kier alpha value is -3.83. The molecule has 0 saturated heterocycles. The quantitative estimate of drug-likeness (QED) is 0.269. The topological polar surface area (TPSA) is 123 Å². The lowest BCUT2D eigenvalue weighted by molar-refractivity contribution is 0.0185. The Morgan fingerprint density at radius 2 is 1.72 bits per heavy atom. The summed E-state index contributed by atoms with van der Waals surface area (Å²) < 4.78 is 39.1. The summed E-state index contributed by atoms with van der Waals surface area (Å²) in [5.74, 6) is 1.04. The molecule has 0 unspecified atom stereocenters. The molecule has 230 valence electrons. The number of hydrogen-bond acceptors (Lipinski definition) is 8. The molecule has 43 heavy (non-hydrogen) atoms. The Balaban J connectivity index is 1.32. The number of nitrogens with one attached hydrogen (secondary N) is 2. The minimum Gasteiger partial charge on any atom is -0.496 e. The number of halogens is 1. The van der Waals surface area contributed by atoms with E-state index in [2.05, 4.69) is 20.0 Å². The van der Waals surface area contributed by atoms with Gasteiger partial charge in [0.15, 0.2) is 0 Å². The molecule has 1 amide bonds. The number of anilines is 2. The minimum absolute atomic E-state index is 0.00368. The third-order valence-corrected chi connectivity index (χ3v) is 8.88. The molecular formula is C31H38ClN5O5S. The molecule has 0 spiro atoms. The van der Waals surface area contributed by atoms with Gasteiger partial charge >= 0.3 is 6.09 Å². The maximum absolute atomic E-state index is 12.8. The van der Waals surface area contributed by atoms with Gasteiger partial charge in [0.05, 0.1) is 17.8 Å². The number of methoxy groups -OCH3 is 1. The van der Waals surface area contributed by atoms with Crippen LogP contribution in [0.5, 0.6) is 5.75 Å². The van der Waals surface area contributed by atoms with Gasteiger partial charge in [0.1, 0.15) is 16.2 Å². The zero-order chi connectivity index (χ0) is 31.2. The fraction of sp³-hybridized carbons (Fsp3) is 0.387. The Morgan fingerprint density at radius 1 is 1.05 bits per heavy atom. The van der Waals surface area contributed by atoms with Crippen LogP contribution in [-0.2, 0) is 14.8 Å². The number of carbonyl (C=O) groups is 1. The molecule has 1 saturated carbocycles. The van der Waals surface area contributed by atoms with Crippen molar-refractivity contribution in [2.45, 2.75) is 69.0 Å². The van der Waals surface area contributed by atoms with E-state index in [0.717, 1.165) is 36.8 Å². The molecule has 1 aliphatic rings. The normalized spacial score (nSPS) is 17.3. The molecule has 0 bridgehead atoms. The largest absolute Gasteiger partial charge is 0.496 e. The van der Waals surface area contributed by atoms with Crippen LogP contribution >= 0.6 is 11.6 Å². The molecule has 4 rings (SSSR count). The lowest BCUT2D eigenvalue weighted by Gasteiger charge is -2.35. The van der Waals surface area contributed by atoms with Crippen molar-refractivity contribution in [3.05, 3.63) is 71.0 Å². The van der Waals surface area contributed by atoms with E-state index in [9.17, 15) is 13.2 Å². The Morgan fingerprint density at radius 3 is 2.35 bits per heavy atom. The molecule has 12 heteroatoms. The predicted molar refractivity (Wildman–Crippen MR) is 170 cm³/mol. The van der Waals surface area contributed by atoms with Crippen LogP contribution in [0.15, 0.2) is 59.8 Å². The SMILES string of the molecule is COc1cc(NS(=O)(=O)c2ccccc2Cl)ccc1/C=C\c1cnc(NC2CCC(N(C)C(=O)OC(C)(C)C)CC2)nc1. The van der Waals surface area contributed by atoms with E-state index in [1.165, 1.54) is 19.2 Å². The summed E-state index contributed by atoms with van der Waals surface area (Å²) in [6, 6.07) is 11.6. The molecule has 2 N–H and O–H groups in total. The smallest absolute Gasteiger partial charge is 0.410 e. The second kappa shape index (κ2) is 13.6. The standard InChI is InChI=1S/C31H38ClN5O5S/c1-31(2,3)42-30(38)37(4)25-16-14-23(15-17-25)35-29-33-19-21(20-34-29)10-11-22-12-13-24(18-27(22)41-5)36-43(39,40)28-9-7-6-8-26(28)32/h6-13,18-20,23,25,36H,14-17H2,1-5H3,(H,33,34,35)/b11-10-. The van der Waals surface area contributed by atoms with E-state index in [1.54, 1.807) is 54.7 Å². The van der Waals surface area contributed by atoms with Crippen LogP contribution in [0.2, 0.25) is 5.02 Å². The molecule has 2 aromatic carbocycles. The summed E-state index contributed by atoms with van der Waals surface area (Å²) in [6.07, 6.45) is 10.4. The van der Waals surface area contributed by atoms with Gasteiger partial charge in [-0.1, -0.05) is 35.9 Å². The summed E-state index contributed by atoms with van der Waals surface area (Å²) in [4.78, 5) is 23.0. The van der Waals surface area contributed by atoms with Crippen molar-refractivity contribution in [2.24, 2.45) is 0 Å². The number of nitrogens with zero attached hydrogens (tertiary/aromatic N) is 3. The zero-order valence-electron chi connectivity index (χ0n) is 25.0. The number of carbonyl (C=O) groups excluding carboxylic acids is 1. The summed E-state index contributed by atoms with van der Waals surface area (Å²) in [5, 5.41) is 3.54. The summed E-state index contributed by atoms with van der Waals surface area (Å²) in [6.45, 7) is 5.61. The van der Waals surface area contributed by atoms with E-state index in [1.807, 2.05) is 32.9 Å². The first-order valence-corrected chi connectivity index (χ1v) is 15.9. The fourth-order valence-electron chi connectivity index (χ4n) is 4.74. The number of amides is 1. The van der Waals surface area contributed by atoms with Crippen molar-refractivity contribution in [3.63, 3.8) is 0 Å². The van der Waals surface area contributed by atoms with Gasteiger partial charge in [-0.3, -0.25) is 4.72 Å². The van der Waals surface area contributed by atoms with E-state index in [0.29, 0.717) is 17.4 Å². The van der Waals surface area contributed by atoms with Gasteiger partial charge < -0.3 is 19.7 Å². The van der Waals surface area contributed by atoms with Crippen molar-refractivity contribution in [1.29, 1.82) is 0 Å². The number of aromatic nitrogens is 2. The Bertz CT molecular complexity index is 1550. The number of ether oxygens (including phenoxy) is 2. The molecule has 0 atom stereocenters. The van der Waals surface area contributed by atoms with Crippen LogP contribution < -0.4 is 14.8 Å². The molecule has 1 aliphatic carbocycles. The second-order valence-electron chi connectivity index (χ2n) is 11.4. The monoisotopic (exact) mass is 627 g/mol. The Kier molecular flexibility index (Phi) is 10.2. The number of sulfonamides is 1. The van der Waals surface area contributed by atoms with Gasteiger partial charge in [0.25, 0.3) is 10.0 Å². The third-order valence-electron chi connectivity index (χ3n) is 7.00. The number of benzene rings is 2. The highest BCUT2D eigenvalue weighted by atomic mass is 35.5. The van der Waals surface area contributed by atoms with Crippen molar-refractivity contribution in [1.82, 2.24) is 14.9 Å². The molecule has 3 aromatic rings. The maximum Gasteiger partial charge on any atom is 0.410 e. The van der Waals surface area contributed by atoms with Crippen molar-refractivity contribution < 1.29 is 22.7 Å². The predicted octanol–water partition coefficient (Wildman–Crippen LogP) is 6.70. The van der Waals surface area contributed by atoms with E-state index in [4.69, 9.17) is 21.1 Å². The Labute approximate surface area is 258 Å². The van der Waals surface area contributed by atoms with E-state index >= 15 is 0 Å². The van der Waals surface area contributed by atoms with Gasteiger partial charge in [-0.05, 0) is 70.7 Å². The van der Waals surface area contributed by atoms with Crippen LogP contribution in [0.25, 0.3) is 12.2 Å². The van der Waals surface area contributed by atoms with Gasteiger partial charge in [-0.2, -0.15) is 0 Å². The molecule has 10 nitrogen and oxygen atoms in total. The average Bonchev–Trinajstić information content (AvgIpc) is 2.96. The van der Waals surface area contributed by atoms with Gasteiger partial charge in [0.2, 0.25) is 5.95 Å². The highest BCUT2D eigenvalue weighted by molar-refractivity contribution is 7.92. The van der Waals surface area contributed by atoms with Crippen LogP contribution in [0, 0.1) is 0 Å². The van der Waals surface area contributed by atoms with Crippen LogP contribution in [0.4, 0.5) is 16.4 Å². The van der Waals surface area contributed by atoms with E-state index in [-0.39, 0.29) is 28.1 Å². The first-order chi connectivity index (χ1) is 20.3. The molecule has 0 radical (unpaired) electrons. The highest BCUT2D eigenvalue weighted by Gasteiger charge is 2.29. The molecule has 1 aromatic heterocycles. The van der Waals surface area contributed by atoms with Gasteiger partial charge in [0, 0.05) is 48.7 Å². The number of rotatable bonds is 9. The number of hydrogen-bond donors (Lipinski definition) is 2. The molecule has 1 fully saturated rings. The lowest BCUT2D eigenvalue weighted by atomic mass is 9.90. The summed E-state index contributed by atoms with van der Waals surface area (Å²) in [5.41, 5.74) is 1.37. The second-order valence-corrected chi connectivity index (χ2v) is 13.5. The van der Waals surface area contributed by atoms with Crippen LogP contribution in [0.1, 0.15) is 57.6 Å². The van der Waals surface area contributed by atoms with Gasteiger partial charge in [-0.15, -0.1) is 0 Å². The van der Waals surface area contributed by atoms with Crippen molar-refractivity contribution >= 4 is 51.5 Å². The highest BCUT2D eigenvalue weighted by Crippen LogP contribution is 2.29. The van der Waals surface area contributed by atoms with E-state index < -0.39 is 15.6 Å². The van der Waals surface area contributed by atoms with Gasteiger partial charge in [-0.25, -0.2) is 23.2 Å². The van der Waals surface area contributed by atoms with Crippen LogP contribution in [0.3, 0.4) is 0 Å². The van der Waals surface area contributed by atoms with Crippen molar-refractivity contribution in [3.8, 4) is 5.75 Å². The van der Waals surface area contributed by atoms with Crippen molar-refractivity contribution in [2.75, 3.05) is 24.2 Å². The third kappa shape index (κ3) is 8.84. The maximum atomic E-state index is 12.8. The molecule has 0 aliphatic heterocycles. The van der Waals surface area contributed by atoms with Crippen LogP contribution in [-0.4, -0.2) is 61.2 Å². The fourth-order valence-corrected chi connectivity index (χ4v) is 6.31. The summed E-state index contributed by atoms with van der Waals surface area (Å²) >= 11 is 6.07. The lowest BCUT2D eigenvalue weighted by Crippen LogP contribution is -2.43. The molecule has 1 heterocycles. The minimum atomic E-state index is -3.87.